The van der Waals surface area contributed by atoms with Gasteiger partial charge in [0.15, 0.2) is 0 Å². The molecule has 0 nitrogen and oxygen atoms in total. The van der Waals surface area contributed by atoms with Crippen LogP contribution < -0.4 is 0 Å². The van der Waals surface area contributed by atoms with Gasteiger partial charge in [-0.15, -0.1) is 0 Å². The summed E-state index contributed by atoms with van der Waals surface area (Å²) in [4.78, 5) is 0. The highest BCUT2D eigenvalue weighted by Crippen LogP contribution is 2.40. The molecule has 0 aliphatic heterocycles. The fourth-order valence-corrected chi connectivity index (χ4v) is 17.4. The van der Waals surface area contributed by atoms with E-state index >= 15 is 0 Å². The Morgan fingerprint density at radius 2 is 0.155 bits per heavy atom. The van der Waals surface area contributed by atoms with Crippen LogP contribution >= 0.6 is 0 Å². The molecule has 26 aromatic carbocycles. The van der Waals surface area contributed by atoms with E-state index in [1.165, 1.54) is 205 Å². The molecule has 0 amide bonds. The molecule has 0 bridgehead atoms. The zero-order valence-electron chi connectivity index (χ0n) is 60.6. The summed E-state index contributed by atoms with van der Waals surface area (Å²) >= 11 is 0. The first-order chi connectivity index (χ1) is 54.6. The lowest BCUT2D eigenvalue weighted by atomic mass is 9.95. The molecule has 0 radical (unpaired) electrons. The highest BCUT2D eigenvalue weighted by atomic mass is 14.2. The predicted molar refractivity (Wildman–Crippen MR) is 482 cm³/mol. The van der Waals surface area contributed by atoms with Gasteiger partial charge in [-0.3, -0.25) is 0 Å². The molecule has 0 aliphatic carbocycles. The molecule has 0 saturated heterocycles. The quantitative estimate of drug-likeness (QED) is 0.133. The summed E-state index contributed by atoms with van der Waals surface area (Å²) < 4.78 is 0. The third-order valence-electron chi connectivity index (χ3n) is 22.5. The van der Waals surface area contributed by atoms with Gasteiger partial charge in [0, 0.05) is 0 Å². The van der Waals surface area contributed by atoms with Crippen LogP contribution in [-0.4, -0.2) is 0 Å². The first-order valence-corrected chi connectivity index (χ1v) is 38.1. The minimum absolute atomic E-state index is 1.31. The fourth-order valence-electron chi connectivity index (χ4n) is 17.4. The summed E-state index contributed by atoms with van der Waals surface area (Å²) in [6.45, 7) is 0. The first kappa shape index (κ1) is 65.2. The van der Waals surface area contributed by atoms with Crippen molar-refractivity contribution in [3.63, 3.8) is 0 Å². The van der Waals surface area contributed by atoms with Gasteiger partial charge in [0.2, 0.25) is 0 Å². The minimum atomic E-state index is 1.31. The average Bonchev–Trinajstić information content (AvgIpc) is 0.767. The Balaban J connectivity index is 0.0000000842. The number of hydrogen-bond donors (Lipinski definition) is 0. The van der Waals surface area contributed by atoms with Crippen molar-refractivity contribution in [1.29, 1.82) is 0 Å². The predicted octanol–water partition coefficient (Wildman–Crippen LogP) is 31.5. The molecule has 0 atom stereocenters. The van der Waals surface area contributed by atoms with Crippen LogP contribution in [0.25, 0.3) is 205 Å². The molecular weight excluding hydrogens is 1320 g/mol. The van der Waals surface area contributed by atoms with E-state index in [2.05, 4.69) is 437 Å². The normalized spacial score (nSPS) is 11.5. The van der Waals surface area contributed by atoms with E-state index in [-0.39, 0.29) is 0 Å². The van der Waals surface area contributed by atoms with Gasteiger partial charge in [-0.2, -0.15) is 0 Å². The largest absolute Gasteiger partial charge is 0.0616 e. The lowest BCUT2D eigenvalue weighted by Crippen LogP contribution is -1.82. The smallest absolute Gasteiger partial charge is 0.00268 e. The van der Waals surface area contributed by atoms with Gasteiger partial charge < -0.3 is 0 Å². The van der Waals surface area contributed by atoms with Crippen molar-refractivity contribution in [3.05, 3.63) is 437 Å². The van der Waals surface area contributed by atoms with Gasteiger partial charge in [0.1, 0.15) is 0 Å². The molecule has 512 valence electrons. The number of fused-ring (bicyclic) bond motifs is 12. The van der Waals surface area contributed by atoms with E-state index in [0.717, 1.165) is 0 Å². The lowest BCUT2D eigenvalue weighted by molar-refractivity contribution is 1.76. The van der Waals surface area contributed by atoms with Gasteiger partial charge in [0.25, 0.3) is 0 Å². The molecule has 110 heavy (non-hydrogen) atoms. The molecule has 0 heteroatoms. The number of hydrogen-bond acceptors (Lipinski definition) is 0. The maximum Gasteiger partial charge on any atom is -0.00268 e. The molecule has 0 fully saturated rings. The van der Waals surface area contributed by atoms with Gasteiger partial charge in [-0.05, 0) is 205 Å². The summed E-state index contributed by atoms with van der Waals surface area (Å²) in [5, 5.41) is 51.2. The second-order valence-corrected chi connectivity index (χ2v) is 28.8. The van der Waals surface area contributed by atoms with Crippen LogP contribution in [0, 0.1) is 0 Å². The minimum Gasteiger partial charge on any atom is -0.0616 e. The summed E-state index contributed by atoms with van der Waals surface area (Å²) in [5.41, 5.74) is 0. The Bertz CT molecular complexity index is 6340. The molecule has 26 aromatic rings. The Labute approximate surface area is 637 Å². The van der Waals surface area contributed by atoms with E-state index in [0.29, 0.717) is 0 Å². The molecule has 0 spiro atoms. The van der Waals surface area contributed by atoms with Crippen molar-refractivity contribution >= 4 is 205 Å². The summed E-state index contributed by atoms with van der Waals surface area (Å²) in [5.74, 6) is 0. The van der Waals surface area contributed by atoms with Gasteiger partial charge in [0.05, 0.1) is 0 Å². The Kier molecular flexibility index (Phi) is 16.7. The highest BCUT2D eigenvalue weighted by molar-refractivity contribution is 6.28. The molecule has 0 aromatic heterocycles. The molecule has 26 rings (SSSR count). The monoisotopic (exact) mass is 1390 g/mol. The van der Waals surface area contributed by atoms with Crippen LogP contribution in [0.4, 0.5) is 0 Å². The van der Waals surface area contributed by atoms with Crippen LogP contribution in [-0.2, 0) is 0 Å². The van der Waals surface area contributed by atoms with E-state index in [1.54, 1.807) is 0 Å². The van der Waals surface area contributed by atoms with Crippen molar-refractivity contribution in [2.45, 2.75) is 0 Å². The van der Waals surface area contributed by atoms with E-state index in [1.807, 2.05) is 0 Å². The van der Waals surface area contributed by atoms with Crippen LogP contribution in [0.15, 0.2) is 437 Å². The fraction of sp³-hybridized carbons (Fsp3) is 0. The highest BCUT2D eigenvalue weighted by Gasteiger charge is 2.12. The lowest BCUT2D eigenvalue weighted by Gasteiger charge is -2.09. The maximum absolute atomic E-state index is 2.21. The third kappa shape index (κ3) is 11.8. The van der Waals surface area contributed by atoms with Gasteiger partial charge in [-0.25, -0.2) is 0 Å². The van der Waals surface area contributed by atoms with Crippen LogP contribution in [0.3, 0.4) is 0 Å². The summed E-state index contributed by atoms with van der Waals surface area (Å²) in [7, 11) is 0. The zero-order valence-corrected chi connectivity index (χ0v) is 60.6. The Morgan fingerprint density at radius 1 is 0.0636 bits per heavy atom. The standard InChI is InChI=1S/C18H12.4C16H10.2C14H10/c1-2-8-14-13(7-1)15-9-3-4-11-17(15)18-12-6-5-10-16(14)18;4*1-3-11-7-9-13-5-2-6-14-10-8-12(4-1)15(11)16(13)14;2*1-3-7-13-11(5-1)9-10-12-6-2-4-8-14(12)13/h1-12H;4*1-10H;2*1-10H. The topological polar surface area (TPSA) is 0 Å². The molecule has 0 heterocycles. The second-order valence-electron chi connectivity index (χ2n) is 28.8. The zero-order chi connectivity index (χ0) is 72.9. The van der Waals surface area contributed by atoms with Crippen molar-refractivity contribution in [2.75, 3.05) is 0 Å². The number of rotatable bonds is 0. The van der Waals surface area contributed by atoms with E-state index < -0.39 is 0 Å². The first-order valence-electron chi connectivity index (χ1n) is 38.1. The van der Waals surface area contributed by atoms with Crippen LogP contribution in [0.5, 0.6) is 0 Å². The van der Waals surface area contributed by atoms with Gasteiger partial charge >= 0.3 is 0 Å². The molecule has 0 saturated carbocycles. The van der Waals surface area contributed by atoms with Crippen LogP contribution in [0.1, 0.15) is 0 Å². The summed E-state index contributed by atoms with van der Waals surface area (Å²) in [6, 6.07) is 156. The summed E-state index contributed by atoms with van der Waals surface area (Å²) in [6.07, 6.45) is 0. The van der Waals surface area contributed by atoms with Gasteiger partial charge in [-0.1, -0.05) is 437 Å². The SMILES string of the molecule is c1cc2ccc3cccc4ccc(c1)c2c34.c1cc2ccc3cccc4ccc(c1)c2c34.c1cc2ccc3cccc4ccc(c1)c2c34.c1cc2ccc3cccc4ccc(c1)c2c34.c1ccc2c(c1)c1ccccc1c1ccccc21.c1ccc2c(c1)ccc1ccccc12.c1ccc2c(c1)ccc1ccccc12. The average molecular weight is 1390 g/mol. The molecule has 0 aliphatic rings. The van der Waals surface area contributed by atoms with Crippen molar-refractivity contribution in [1.82, 2.24) is 0 Å². The molecule has 0 N–H and O–H groups in total. The Morgan fingerprint density at radius 3 is 0.282 bits per heavy atom. The van der Waals surface area contributed by atoms with Crippen molar-refractivity contribution in [2.24, 2.45) is 0 Å². The second kappa shape index (κ2) is 28.2. The van der Waals surface area contributed by atoms with Crippen molar-refractivity contribution in [3.8, 4) is 0 Å². The number of benzene rings is 26. The van der Waals surface area contributed by atoms with E-state index in [9.17, 15) is 0 Å². The molecule has 0 unspecified atom stereocenters. The molecular formula is C110H72. The Hall–Kier alpha value is -14.3. The van der Waals surface area contributed by atoms with Crippen molar-refractivity contribution < 1.29 is 0 Å². The third-order valence-corrected chi connectivity index (χ3v) is 22.5. The van der Waals surface area contributed by atoms with Crippen LogP contribution in [0.2, 0.25) is 0 Å². The maximum atomic E-state index is 2.21. The van der Waals surface area contributed by atoms with E-state index in [4.69, 9.17) is 0 Å².